The van der Waals surface area contributed by atoms with Crippen molar-refractivity contribution < 1.29 is 0 Å². The Labute approximate surface area is 155 Å². The molecule has 1 aromatic rings. The maximum absolute atomic E-state index is 4.18. The molecule has 0 fully saturated rings. The van der Waals surface area contributed by atoms with Gasteiger partial charge in [-0.3, -0.25) is 0 Å². The van der Waals surface area contributed by atoms with E-state index >= 15 is 0 Å². The Kier molecular flexibility index (Phi) is 8.99. The molecule has 1 aliphatic carbocycles. The van der Waals surface area contributed by atoms with Crippen LogP contribution in [0.4, 0.5) is 0 Å². The average molecular weight is 335 g/mol. The third-order valence-electron chi connectivity index (χ3n) is 4.50. The largest absolute Gasteiger partial charge is 0.0991 e. The van der Waals surface area contributed by atoms with Crippen LogP contribution in [-0.2, 0) is 12.8 Å². The molecule has 0 nitrogen and oxygen atoms in total. The molecule has 0 saturated carbocycles. The van der Waals surface area contributed by atoms with Gasteiger partial charge in [0, 0.05) is 0 Å². The molecule has 134 valence electrons. The molecular formula is C25H34. The topological polar surface area (TPSA) is 0 Å². The fourth-order valence-electron chi connectivity index (χ4n) is 3.36. The summed E-state index contributed by atoms with van der Waals surface area (Å²) in [5, 5.41) is 0. The zero-order valence-corrected chi connectivity index (χ0v) is 16.7. The Morgan fingerprint density at radius 2 is 1.92 bits per heavy atom. The summed E-state index contributed by atoms with van der Waals surface area (Å²) >= 11 is 0. The van der Waals surface area contributed by atoms with Gasteiger partial charge in [-0.25, -0.2) is 0 Å². The van der Waals surface area contributed by atoms with E-state index in [2.05, 4.69) is 70.4 Å². The summed E-state index contributed by atoms with van der Waals surface area (Å²) in [7, 11) is 0. The SMILES string of the molecule is C=C\C=C/C(C(=C)C)=C(/C=C\C)c1cccc2c1CCC(C)C2.CC. The number of fused-ring (bicyclic) bond motifs is 1. The minimum atomic E-state index is 0.785. The Bertz CT molecular complexity index is 680. The lowest BCUT2D eigenvalue weighted by molar-refractivity contribution is 0.501. The van der Waals surface area contributed by atoms with Crippen molar-refractivity contribution in [1.29, 1.82) is 0 Å². The molecule has 0 radical (unpaired) electrons. The van der Waals surface area contributed by atoms with Gasteiger partial charge in [0.1, 0.15) is 0 Å². The van der Waals surface area contributed by atoms with Crippen molar-refractivity contribution in [2.75, 3.05) is 0 Å². The van der Waals surface area contributed by atoms with Crippen LogP contribution < -0.4 is 0 Å². The molecule has 25 heavy (non-hydrogen) atoms. The first-order valence-electron chi connectivity index (χ1n) is 9.51. The van der Waals surface area contributed by atoms with Crippen molar-refractivity contribution in [3.8, 4) is 0 Å². The van der Waals surface area contributed by atoms with Crippen molar-refractivity contribution in [2.45, 2.75) is 53.9 Å². The third-order valence-corrected chi connectivity index (χ3v) is 4.50. The van der Waals surface area contributed by atoms with Gasteiger partial charge in [0.15, 0.2) is 0 Å². The fourth-order valence-corrected chi connectivity index (χ4v) is 3.36. The normalized spacial score (nSPS) is 17.6. The van der Waals surface area contributed by atoms with Gasteiger partial charge in [0.05, 0.1) is 0 Å². The fraction of sp³-hybridized carbons (Fsp3) is 0.360. The minimum Gasteiger partial charge on any atom is -0.0991 e. The van der Waals surface area contributed by atoms with Crippen LogP contribution in [0.5, 0.6) is 0 Å². The zero-order valence-electron chi connectivity index (χ0n) is 16.7. The molecule has 1 atom stereocenters. The van der Waals surface area contributed by atoms with Gasteiger partial charge in [-0.15, -0.1) is 0 Å². The maximum atomic E-state index is 4.18. The highest BCUT2D eigenvalue weighted by atomic mass is 14.2. The van der Waals surface area contributed by atoms with Gasteiger partial charge in [-0.1, -0.05) is 88.1 Å². The molecule has 0 amide bonds. The van der Waals surface area contributed by atoms with Crippen LogP contribution in [0.2, 0.25) is 0 Å². The summed E-state index contributed by atoms with van der Waals surface area (Å²) in [6.45, 7) is 18.5. The predicted octanol–water partition coefficient (Wildman–Crippen LogP) is 7.49. The van der Waals surface area contributed by atoms with Crippen LogP contribution in [0.15, 0.2) is 72.9 Å². The van der Waals surface area contributed by atoms with E-state index in [1.54, 1.807) is 0 Å². The van der Waals surface area contributed by atoms with Gasteiger partial charge in [0.25, 0.3) is 0 Å². The molecule has 1 unspecified atom stereocenters. The van der Waals surface area contributed by atoms with Gasteiger partial charge in [-0.2, -0.15) is 0 Å². The number of benzene rings is 1. The molecule has 0 spiro atoms. The van der Waals surface area contributed by atoms with E-state index in [4.69, 9.17) is 0 Å². The number of rotatable bonds is 5. The molecule has 0 N–H and O–H groups in total. The molecule has 1 aromatic carbocycles. The van der Waals surface area contributed by atoms with Crippen LogP contribution in [0.1, 0.15) is 57.7 Å². The van der Waals surface area contributed by atoms with Crippen LogP contribution >= 0.6 is 0 Å². The zero-order chi connectivity index (χ0) is 18.8. The number of hydrogen-bond acceptors (Lipinski definition) is 0. The van der Waals surface area contributed by atoms with Crippen LogP contribution in [0.3, 0.4) is 0 Å². The van der Waals surface area contributed by atoms with E-state index in [1.165, 1.54) is 47.1 Å². The van der Waals surface area contributed by atoms with Gasteiger partial charge >= 0.3 is 0 Å². The lowest BCUT2D eigenvalue weighted by Gasteiger charge is -2.25. The predicted molar refractivity (Wildman–Crippen MR) is 115 cm³/mol. The molecule has 0 heteroatoms. The minimum absolute atomic E-state index is 0.785. The Hall–Kier alpha value is -2.08. The van der Waals surface area contributed by atoms with Gasteiger partial charge < -0.3 is 0 Å². The first-order chi connectivity index (χ1) is 12.1. The van der Waals surface area contributed by atoms with Crippen molar-refractivity contribution in [1.82, 2.24) is 0 Å². The second kappa shape index (κ2) is 10.7. The summed E-state index contributed by atoms with van der Waals surface area (Å²) in [6, 6.07) is 6.75. The van der Waals surface area contributed by atoms with Crippen LogP contribution in [0.25, 0.3) is 5.57 Å². The lowest BCUT2D eigenvalue weighted by Crippen LogP contribution is -2.13. The standard InChI is InChI=1S/C23H28.C2H6/c1-6-8-12-20(17(3)4)22(10-7-2)23-13-9-11-19-16-18(5)14-15-21(19)23;1-2/h6-13,18H,1,3,14-16H2,2,4-5H3;1-2H3/b10-7-,12-8-,22-20+;. The molecular weight excluding hydrogens is 300 g/mol. The highest BCUT2D eigenvalue weighted by molar-refractivity contribution is 5.83. The monoisotopic (exact) mass is 334 g/mol. The number of allylic oxidation sites excluding steroid dienone is 8. The maximum Gasteiger partial charge on any atom is -0.0109 e. The molecule has 0 saturated heterocycles. The quantitative estimate of drug-likeness (QED) is 0.489. The average Bonchev–Trinajstić information content (AvgIpc) is 2.62. The molecule has 0 aliphatic heterocycles. The summed E-state index contributed by atoms with van der Waals surface area (Å²) < 4.78 is 0. The summed E-state index contributed by atoms with van der Waals surface area (Å²) in [5.41, 5.74) is 7.93. The summed E-state index contributed by atoms with van der Waals surface area (Å²) in [4.78, 5) is 0. The molecule has 0 bridgehead atoms. The highest BCUT2D eigenvalue weighted by Gasteiger charge is 2.19. The molecule has 2 rings (SSSR count). The van der Waals surface area contributed by atoms with Crippen LogP contribution in [0, 0.1) is 5.92 Å². The first kappa shape index (κ1) is 21.0. The van der Waals surface area contributed by atoms with Crippen molar-refractivity contribution in [3.63, 3.8) is 0 Å². The molecule has 0 aromatic heterocycles. The van der Waals surface area contributed by atoms with E-state index in [0.29, 0.717) is 0 Å². The van der Waals surface area contributed by atoms with Gasteiger partial charge in [0.2, 0.25) is 0 Å². The Morgan fingerprint density at radius 3 is 2.52 bits per heavy atom. The second-order valence-corrected chi connectivity index (χ2v) is 6.49. The number of hydrogen-bond donors (Lipinski definition) is 0. The smallest absolute Gasteiger partial charge is 0.0109 e. The van der Waals surface area contributed by atoms with E-state index in [1.807, 2.05) is 26.0 Å². The first-order valence-corrected chi connectivity index (χ1v) is 9.51. The van der Waals surface area contributed by atoms with E-state index in [-0.39, 0.29) is 0 Å². The van der Waals surface area contributed by atoms with E-state index < -0.39 is 0 Å². The summed E-state index contributed by atoms with van der Waals surface area (Å²) in [6.07, 6.45) is 13.9. The Balaban J connectivity index is 0.00000151. The van der Waals surface area contributed by atoms with Crippen molar-refractivity contribution in [2.24, 2.45) is 5.92 Å². The Morgan fingerprint density at radius 1 is 1.20 bits per heavy atom. The molecule has 0 heterocycles. The third kappa shape index (κ3) is 5.46. The van der Waals surface area contributed by atoms with E-state index in [0.717, 1.165) is 11.5 Å². The highest BCUT2D eigenvalue weighted by Crippen LogP contribution is 2.34. The van der Waals surface area contributed by atoms with Gasteiger partial charge in [-0.05, 0) is 66.9 Å². The van der Waals surface area contributed by atoms with Crippen molar-refractivity contribution >= 4 is 5.57 Å². The lowest BCUT2D eigenvalue weighted by atomic mass is 9.80. The molecule has 1 aliphatic rings. The summed E-state index contributed by atoms with van der Waals surface area (Å²) in [5.74, 6) is 0.785. The van der Waals surface area contributed by atoms with Crippen molar-refractivity contribution in [3.05, 3.63) is 89.6 Å². The van der Waals surface area contributed by atoms with E-state index in [9.17, 15) is 0 Å². The second-order valence-electron chi connectivity index (χ2n) is 6.49. The van der Waals surface area contributed by atoms with Crippen LogP contribution in [-0.4, -0.2) is 0 Å².